The minimum Gasteiger partial charge on any atom is -0.487 e. The van der Waals surface area contributed by atoms with Crippen LogP contribution in [0.2, 0.25) is 0 Å². The lowest BCUT2D eigenvalue weighted by atomic mass is 9.97. The van der Waals surface area contributed by atoms with Crippen LogP contribution >= 0.6 is 11.3 Å². The summed E-state index contributed by atoms with van der Waals surface area (Å²) in [7, 11) is 0. The van der Waals surface area contributed by atoms with Crippen molar-refractivity contribution in [3.63, 3.8) is 0 Å². The highest BCUT2D eigenvalue weighted by atomic mass is 32.1. The highest BCUT2D eigenvalue weighted by Crippen LogP contribution is 2.37. The molecular formula is C30H25FN6O2S. The van der Waals surface area contributed by atoms with Gasteiger partial charge in [0.05, 0.1) is 23.1 Å². The fraction of sp³-hybridized carbons (Fsp3) is 0.200. The molecule has 0 radical (unpaired) electrons. The Bertz CT molecular complexity index is 1980. The van der Waals surface area contributed by atoms with Crippen LogP contribution in [0.25, 0.3) is 38.2 Å². The third-order valence-electron chi connectivity index (χ3n) is 7.33. The van der Waals surface area contributed by atoms with Crippen molar-refractivity contribution in [3.8, 4) is 28.1 Å². The smallest absolute Gasteiger partial charge is 0.264 e. The van der Waals surface area contributed by atoms with E-state index in [1.807, 2.05) is 55.6 Å². The standard InChI is InChI=1S/C30H25FN6O2S/c1-16-14-40-24-13-21(25(30(38)36(16)24)18-6-4-3-5-7-18)17(2)37-29-26(28(32)33-15-34-29)27(35-37)19-8-11-23(22(31)12-19)39-20-9-10-20/h3-8,11-15,17,20H,9-10H2,1-2H3,(H2,32,33,34)/t17-/m0/s1. The van der Waals surface area contributed by atoms with Crippen molar-refractivity contribution >= 4 is 33.0 Å². The van der Waals surface area contributed by atoms with Crippen LogP contribution in [-0.4, -0.2) is 30.3 Å². The summed E-state index contributed by atoms with van der Waals surface area (Å²) in [5, 5.41) is 7.41. The number of rotatable bonds is 6. The molecule has 8 nitrogen and oxygen atoms in total. The van der Waals surface area contributed by atoms with E-state index in [4.69, 9.17) is 15.6 Å². The molecule has 4 aromatic heterocycles. The summed E-state index contributed by atoms with van der Waals surface area (Å²) in [6, 6.07) is 16.0. The second-order valence-corrected chi connectivity index (χ2v) is 11.0. The Labute approximate surface area is 232 Å². The van der Waals surface area contributed by atoms with E-state index in [-0.39, 0.29) is 23.2 Å². The van der Waals surface area contributed by atoms with Crippen LogP contribution in [0, 0.1) is 12.7 Å². The summed E-state index contributed by atoms with van der Waals surface area (Å²) in [5.74, 6) is -0.00146. The summed E-state index contributed by atoms with van der Waals surface area (Å²) in [4.78, 5) is 23.5. The quantitative estimate of drug-likeness (QED) is 0.271. The van der Waals surface area contributed by atoms with Gasteiger partial charge in [-0.15, -0.1) is 11.3 Å². The normalized spacial score (nSPS) is 14.2. The number of hydrogen-bond acceptors (Lipinski definition) is 7. The van der Waals surface area contributed by atoms with Gasteiger partial charge in [0.2, 0.25) is 0 Å². The first-order chi connectivity index (χ1) is 19.4. The van der Waals surface area contributed by atoms with Gasteiger partial charge in [-0.3, -0.25) is 9.20 Å². The van der Waals surface area contributed by atoms with Crippen LogP contribution < -0.4 is 16.0 Å². The van der Waals surface area contributed by atoms with E-state index in [1.54, 1.807) is 21.2 Å². The topological polar surface area (TPSA) is 100 Å². The maximum Gasteiger partial charge on any atom is 0.264 e. The number of nitrogen functional groups attached to an aromatic ring is 1. The van der Waals surface area contributed by atoms with Crippen molar-refractivity contribution in [2.45, 2.75) is 38.8 Å². The molecule has 6 aromatic rings. The summed E-state index contributed by atoms with van der Waals surface area (Å²) >= 11 is 1.51. The zero-order valence-corrected chi connectivity index (χ0v) is 22.7. The Morgan fingerprint density at radius 1 is 1.10 bits per heavy atom. The van der Waals surface area contributed by atoms with E-state index in [0.717, 1.165) is 34.5 Å². The summed E-state index contributed by atoms with van der Waals surface area (Å²) in [6.07, 6.45) is 3.34. The van der Waals surface area contributed by atoms with Gasteiger partial charge >= 0.3 is 0 Å². The lowest BCUT2D eigenvalue weighted by Crippen LogP contribution is -2.21. The third-order valence-corrected chi connectivity index (χ3v) is 8.33. The molecule has 0 spiro atoms. The van der Waals surface area contributed by atoms with Crippen molar-refractivity contribution in [1.29, 1.82) is 0 Å². The predicted molar refractivity (Wildman–Crippen MR) is 154 cm³/mol. The fourth-order valence-corrected chi connectivity index (χ4v) is 6.08. The Kier molecular flexibility index (Phi) is 5.67. The molecule has 0 saturated heterocycles. The van der Waals surface area contributed by atoms with Crippen molar-refractivity contribution in [3.05, 3.63) is 93.7 Å². The van der Waals surface area contributed by atoms with Crippen molar-refractivity contribution in [2.75, 3.05) is 5.73 Å². The first kappa shape index (κ1) is 24.5. The van der Waals surface area contributed by atoms with Gasteiger partial charge in [0.1, 0.15) is 22.7 Å². The molecule has 1 atom stereocenters. The molecule has 0 aliphatic heterocycles. The SMILES string of the molecule is Cc1csc2cc([C@H](C)n3nc(-c4ccc(OC5CC5)c(F)c4)c4c(N)ncnc43)c(-c3ccccc3)c(=O)n12. The summed E-state index contributed by atoms with van der Waals surface area (Å²) in [5.41, 5.74) is 10.8. The monoisotopic (exact) mass is 552 g/mol. The highest BCUT2D eigenvalue weighted by Gasteiger charge is 2.27. The van der Waals surface area contributed by atoms with Crippen LogP contribution in [0.4, 0.5) is 10.2 Å². The van der Waals surface area contributed by atoms with Crippen LogP contribution in [0.15, 0.2) is 71.1 Å². The largest absolute Gasteiger partial charge is 0.487 e. The Hall–Kier alpha value is -4.57. The van der Waals surface area contributed by atoms with E-state index < -0.39 is 11.9 Å². The molecule has 7 rings (SSSR count). The van der Waals surface area contributed by atoms with Gasteiger partial charge in [-0.1, -0.05) is 30.3 Å². The molecule has 2 aromatic carbocycles. The minimum absolute atomic E-state index is 0.0811. The maximum absolute atomic E-state index is 15.0. The maximum atomic E-state index is 15.0. The molecule has 0 amide bonds. The van der Waals surface area contributed by atoms with Crippen molar-refractivity contribution < 1.29 is 9.13 Å². The number of pyridine rings is 1. The molecule has 10 heteroatoms. The molecule has 40 heavy (non-hydrogen) atoms. The van der Waals surface area contributed by atoms with Gasteiger partial charge < -0.3 is 10.5 Å². The first-order valence-corrected chi connectivity index (χ1v) is 13.9. The van der Waals surface area contributed by atoms with Gasteiger partial charge in [0, 0.05) is 16.6 Å². The number of aryl methyl sites for hydroxylation is 1. The van der Waals surface area contributed by atoms with Gasteiger partial charge in [-0.25, -0.2) is 19.0 Å². The second-order valence-electron chi connectivity index (χ2n) is 10.1. The van der Waals surface area contributed by atoms with Crippen LogP contribution in [0.3, 0.4) is 0 Å². The zero-order chi connectivity index (χ0) is 27.5. The number of anilines is 1. The van der Waals surface area contributed by atoms with E-state index in [9.17, 15) is 4.79 Å². The number of halogens is 1. The van der Waals surface area contributed by atoms with E-state index in [2.05, 4.69) is 9.97 Å². The second kappa shape index (κ2) is 9.27. The molecule has 1 aliphatic rings. The highest BCUT2D eigenvalue weighted by molar-refractivity contribution is 7.15. The fourth-order valence-electron chi connectivity index (χ4n) is 5.16. The van der Waals surface area contributed by atoms with E-state index in [1.165, 1.54) is 23.7 Å². The van der Waals surface area contributed by atoms with Gasteiger partial charge in [0.15, 0.2) is 17.2 Å². The average molecular weight is 553 g/mol. The molecule has 200 valence electrons. The van der Waals surface area contributed by atoms with Crippen LogP contribution in [0.5, 0.6) is 5.75 Å². The lowest BCUT2D eigenvalue weighted by molar-refractivity contribution is 0.287. The van der Waals surface area contributed by atoms with Crippen molar-refractivity contribution in [1.82, 2.24) is 24.1 Å². The Morgan fingerprint density at radius 3 is 2.65 bits per heavy atom. The summed E-state index contributed by atoms with van der Waals surface area (Å²) < 4.78 is 24.2. The molecular weight excluding hydrogens is 527 g/mol. The van der Waals surface area contributed by atoms with Crippen molar-refractivity contribution in [2.24, 2.45) is 0 Å². The van der Waals surface area contributed by atoms with Gasteiger partial charge in [0.25, 0.3) is 5.56 Å². The number of nitrogens with zero attached hydrogens (tertiary/aromatic N) is 5. The zero-order valence-electron chi connectivity index (χ0n) is 21.8. The minimum atomic E-state index is -0.464. The lowest BCUT2D eigenvalue weighted by Gasteiger charge is -2.18. The average Bonchev–Trinajstić information content (AvgIpc) is 3.57. The predicted octanol–water partition coefficient (Wildman–Crippen LogP) is 6.01. The molecule has 0 bridgehead atoms. The first-order valence-electron chi connectivity index (χ1n) is 13.0. The molecule has 1 fully saturated rings. The number of ether oxygens (including phenoxy) is 1. The molecule has 4 heterocycles. The molecule has 2 N–H and O–H groups in total. The van der Waals surface area contributed by atoms with E-state index >= 15 is 4.39 Å². The number of hydrogen-bond donors (Lipinski definition) is 1. The number of aromatic nitrogens is 5. The molecule has 0 unspecified atom stereocenters. The third kappa shape index (κ3) is 3.94. The Morgan fingerprint density at radius 2 is 1.90 bits per heavy atom. The Balaban J connectivity index is 1.43. The number of fused-ring (bicyclic) bond motifs is 2. The van der Waals surface area contributed by atoms with E-state index in [0.29, 0.717) is 27.9 Å². The van der Waals surface area contributed by atoms with Crippen LogP contribution in [0.1, 0.15) is 37.1 Å². The number of nitrogens with two attached hydrogens (primary N) is 1. The van der Waals surface area contributed by atoms with Gasteiger partial charge in [-0.05, 0) is 62.1 Å². The van der Waals surface area contributed by atoms with Crippen LogP contribution in [-0.2, 0) is 0 Å². The molecule has 1 saturated carbocycles. The summed E-state index contributed by atoms with van der Waals surface area (Å²) in [6.45, 7) is 3.90. The van der Waals surface area contributed by atoms with Gasteiger partial charge in [-0.2, -0.15) is 5.10 Å². The molecule has 1 aliphatic carbocycles. The number of benzene rings is 2. The number of thiazole rings is 1.